The number of carbonyl (C=O) groups excluding carboxylic acids is 1. The van der Waals surface area contributed by atoms with Crippen molar-refractivity contribution in [2.24, 2.45) is 0 Å². The van der Waals surface area contributed by atoms with Gasteiger partial charge in [0, 0.05) is 32.2 Å². The molecule has 116 valence electrons. The van der Waals surface area contributed by atoms with Gasteiger partial charge < -0.3 is 15.0 Å². The summed E-state index contributed by atoms with van der Waals surface area (Å²) in [6, 6.07) is 3.07. The molecule has 8 nitrogen and oxygen atoms in total. The number of nitrogens with zero attached hydrogens (tertiary/aromatic N) is 3. The van der Waals surface area contributed by atoms with Crippen LogP contribution in [0, 0.1) is 0 Å². The minimum Gasteiger partial charge on any atom is -0.481 e. The number of rotatable bonds is 3. The Morgan fingerprint density at radius 3 is 2.43 bits per heavy atom. The Balaban J connectivity index is 1.90. The number of hydrogen-bond acceptors (Lipinski definition) is 5. The summed E-state index contributed by atoms with van der Waals surface area (Å²) in [5.74, 6) is 0.467. The van der Waals surface area contributed by atoms with Gasteiger partial charge in [0.25, 0.3) is 0 Å². The van der Waals surface area contributed by atoms with Crippen molar-refractivity contribution in [3.63, 3.8) is 0 Å². The van der Waals surface area contributed by atoms with Crippen molar-refractivity contribution in [3.8, 4) is 5.88 Å². The van der Waals surface area contributed by atoms with Gasteiger partial charge in [0.1, 0.15) is 0 Å². The first-order valence-electron chi connectivity index (χ1n) is 6.41. The lowest BCUT2D eigenvalue weighted by molar-refractivity contribution is 0.184. The largest absolute Gasteiger partial charge is 0.481 e. The number of urea groups is 1. The molecule has 1 aliphatic heterocycles. The standard InChI is InChI=1S/C12H18N4O4S/c1-20-11-4-3-10(9-13-11)14-12(17)15-5-7-16(8-6-15)21(2,18)19/h3-4,9H,5-8H2,1-2H3,(H,14,17). The predicted molar refractivity (Wildman–Crippen MR) is 77.8 cm³/mol. The monoisotopic (exact) mass is 314 g/mol. The van der Waals surface area contributed by atoms with Crippen LogP contribution < -0.4 is 10.1 Å². The Labute approximate surface area is 123 Å². The van der Waals surface area contributed by atoms with Crippen LogP contribution in [-0.4, -0.2) is 68.2 Å². The summed E-state index contributed by atoms with van der Waals surface area (Å²) in [5, 5.41) is 2.72. The number of amides is 2. The summed E-state index contributed by atoms with van der Waals surface area (Å²) >= 11 is 0. The maximum atomic E-state index is 12.1. The maximum Gasteiger partial charge on any atom is 0.321 e. The molecule has 1 fully saturated rings. The van der Waals surface area contributed by atoms with Gasteiger partial charge >= 0.3 is 6.03 Å². The van der Waals surface area contributed by atoms with E-state index in [0.29, 0.717) is 37.7 Å². The van der Waals surface area contributed by atoms with E-state index in [1.807, 2.05) is 0 Å². The highest BCUT2D eigenvalue weighted by atomic mass is 32.2. The van der Waals surface area contributed by atoms with Crippen LogP contribution >= 0.6 is 0 Å². The van der Waals surface area contributed by atoms with E-state index in [2.05, 4.69) is 10.3 Å². The quantitative estimate of drug-likeness (QED) is 0.860. The number of aromatic nitrogens is 1. The Morgan fingerprint density at radius 2 is 1.95 bits per heavy atom. The first kappa shape index (κ1) is 15.5. The van der Waals surface area contributed by atoms with Gasteiger partial charge in [0.2, 0.25) is 15.9 Å². The molecule has 1 saturated heterocycles. The highest BCUT2D eigenvalue weighted by Gasteiger charge is 2.25. The summed E-state index contributed by atoms with van der Waals surface area (Å²) in [5.41, 5.74) is 0.561. The third-order valence-electron chi connectivity index (χ3n) is 3.19. The Hall–Kier alpha value is -1.87. The zero-order chi connectivity index (χ0) is 15.5. The average Bonchev–Trinajstić information content (AvgIpc) is 2.47. The van der Waals surface area contributed by atoms with Crippen molar-refractivity contribution in [3.05, 3.63) is 18.3 Å². The first-order chi connectivity index (χ1) is 9.90. The topological polar surface area (TPSA) is 91.8 Å². The van der Waals surface area contributed by atoms with Crippen LogP contribution in [0.5, 0.6) is 5.88 Å². The molecule has 0 aromatic carbocycles. The molecule has 21 heavy (non-hydrogen) atoms. The van der Waals surface area contributed by atoms with E-state index in [9.17, 15) is 13.2 Å². The van der Waals surface area contributed by atoms with Gasteiger partial charge in [-0.15, -0.1) is 0 Å². The third kappa shape index (κ3) is 4.05. The highest BCUT2D eigenvalue weighted by molar-refractivity contribution is 7.88. The van der Waals surface area contributed by atoms with Crippen LogP contribution in [0.1, 0.15) is 0 Å². The summed E-state index contributed by atoms with van der Waals surface area (Å²) in [6.07, 6.45) is 2.68. The number of methoxy groups -OCH3 is 1. The van der Waals surface area contributed by atoms with Gasteiger partial charge in [-0.3, -0.25) is 0 Å². The Kier molecular flexibility index (Phi) is 4.63. The lowest BCUT2D eigenvalue weighted by atomic mass is 10.4. The zero-order valence-electron chi connectivity index (χ0n) is 11.9. The normalized spacial score (nSPS) is 16.6. The van der Waals surface area contributed by atoms with E-state index < -0.39 is 10.0 Å². The molecule has 0 bridgehead atoms. The fourth-order valence-electron chi connectivity index (χ4n) is 2.00. The molecule has 1 aromatic heterocycles. The van der Waals surface area contributed by atoms with Crippen LogP contribution in [0.2, 0.25) is 0 Å². The lowest BCUT2D eigenvalue weighted by Crippen LogP contribution is -2.51. The van der Waals surface area contributed by atoms with Crippen molar-refractivity contribution >= 4 is 21.7 Å². The summed E-state index contributed by atoms with van der Waals surface area (Å²) < 4.78 is 29.1. The summed E-state index contributed by atoms with van der Waals surface area (Å²) in [4.78, 5) is 17.6. The zero-order valence-corrected chi connectivity index (χ0v) is 12.8. The molecular weight excluding hydrogens is 296 g/mol. The highest BCUT2D eigenvalue weighted by Crippen LogP contribution is 2.13. The van der Waals surface area contributed by atoms with Crippen molar-refractivity contribution in [1.29, 1.82) is 0 Å². The smallest absolute Gasteiger partial charge is 0.321 e. The van der Waals surface area contributed by atoms with Crippen molar-refractivity contribution < 1.29 is 17.9 Å². The van der Waals surface area contributed by atoms with E-state index in [1.165, 1.54) is 23.9 Å². The Morgan fingerprint density at radius 1 is 1.29 bits per heavy atom. The first-order valence-corrected chi connectivity index (χ1v) is 8.26. The van der Waals surface area contributed by atoms with Gasteiger partial charge in [-0.1, -0.05) is 0 Å². The number of ether oxygens (including phenoxy) is 1. The van der Waals surface area contributed by atoms with E-state index in [0.717, 1.165) is 0 Å². The second-order valence-corrected chi connectivity index (χ2v) is 6.65. The van der Waals surface area contributed by atoms with Crippen molar-refractivity contribution in [2.75, 3.05) is 44.9 Å². The minimum atomic E-state index is -3.19. The number of nitrogens with one attached hydrogen (secondary N) is 1. The van der Waals surface area contributed by atoms with E-state index in [-0.39, 0.29) is 6.03 Å². The Bertz CT molecular complexity index is 594. The van der Waals surface area contributed by atoms with Crippen LogP contribution in [0.15, 0.2) is 18.3 Å². The van der Waals surface area contributed by atoms with Gasteiger partial charge in [0.05, 0.1) is 25.2 Å². The van der Waals surface area contributed by atoms with Crippen LogP contribution in [0.25, 0.3) is 0 Å². The molecule has 0 unspecified atom stereocenters. The fraction of sp³-hybridized carbons (Fsp3) is 0.500. The number of hydrogen-bond donors (Lipinski definition) is 1. The molecule has 9 heteroatoms. The van der Waals surface area contributed by atoms with Gasteiger partial charge in [-0.2, -0.15) is 4.31 Å². The number of pyridine rings is 1. The number of carbonyl (C=O) groups is 1. The average molecular weight is 314 g/mol. The van der Waals surface area contributed by atoms with Crippen molar-refractivity contribution in [1.82, 2.24) is 14.2 Å². The van der Waals surface area contributed by atoms with Gasteiger partial charge in [0.15, 0.2) is 0 Å². The van der Waals surface area contributed by atoms with Crippen molar-refractivity contribution in [2.45, 2.75) is 0 Å². The molecule has 0 aliphatic carbocycles. The molecule has 1 aliphatic rings. The molecule has 2 heterocycles. The van der Waals surface area contributed by atoms with E-state index >= 15 is 0 Å². The molecule has 0 radical (unpaired) electrons. The second kappa shape index (κ2) is 6.27. The van der Waals surface area contributed by atoms with E-state index in [1.54, 1.807) is 17.0 Å². The molecule has 0 spiro atoms. The van der Waals surface area contributed by atoms with Gasteiger partial charge in [-0.05, 0) is 6.07 Å². The maximum absolute atomic E-state index is 12.1. The molecule has 2 amide bonds. The number of sulfonamides is 1. The number of anilines is 1. The molecule has 1 N–H and O–H groups in total. The molecular formula is C12H18N4O4S. The van der Waals surface area contributed by atoms with E-state index in [4.69, 9.17) is 4.74 Å². The third-order valence-corrected chi connectivity index (χ3v) is 4.49. The molecule has 1 aromatic rings. The van der Waals surface area contributed by atoms with Crippen LogP contribution in [-0.2, 0) is 10.0 Å². The van der Waals surface area contributed by atoms with Crippen LogP contribution in [0.4, 0.5) is 10.5 Å². The number of piperazine rings is 1. The van der Waals surface area contributed by atoms with Gasteiger partial charge in [-0.25, -0.2) is 18.2 Å². The SMILES string of the molecule is COc1ccc(NC(=O)N2CCN(S(C)(=O)=O)CC2)cn1. The molecule has 2 rings (SSSR count). The fourth-order valence-corrected chi connectivity index (χ4v) is 2.83. The second-order valence-electron chi connectivity index (χ2n) is 4.67. The molecule has 0 atom stereocenters. The summed E-state index contributed by atoms with van der Waals surface area (Å²) in [7, 11) is -1.67. The summed E-state index contributed by atoms with van der Waals surface area (Å²) in [6.45, 7) is 1.35. The minimum absolute atomic E-state index is 0.268. The molecule has 0 saturated carbocycles. The predicted octanol–water partition coefficient (Wildman–Crippen LogP) is 0.199. The lowest BCUT2D eigenvalue weighted by Gasteiger charge is -2.33. The van der Waals surface area contributed by atoms with Crippen LogP contribution in [0.3, 0.4) is 0 Å².